The van der Waals surface area contributed by atoms with Crippen molar-refractivity contribution in [2.45, 2.75) is 26.1 Å². The van der Waals surface area contributed by atoms with Crippen LogP contribution in [0.25, 0.3) is 0 Å². The van der Waals surface area contributed by atoms with Crippen LogP contribution >= 0.6 is 11.6 Å². The Balaban J connectivity index is 1.56. The third-order valence-corrected chi connectivity index (χ3v) is 5.32. The summed E-state index contributed by atoms with van der Waals surface area (Å²) in [5, 5.41) is 9.98. The maximum atomic E-state index is 13.0. The summed E-state index contributed by atoms with van der Waals surface area (Å²) in [4.78, 5) is 19.8. The number of aromatic nitrogens is 2. The van der Waals surface area contributed by atoms with Gasteiger partial charge in [-0.25, -0.2) is 4.98 Å². The van der Waals surface area contributed by atoms with Gasteiger partial charge in [-0.2, -0.15) is 5.26 Å². The molecule has 0 saturated heterocycles. The Kier molecular flexibility index (Phi) is 5.25. The molecule has 0 spiro atoms. The summed E-state index contributed by atoms with van der Waals surface area (Å²) in [7, 11) is 0. The molecule has 5 nitrogen and oxygen atoms in total. The monoisotopic (exact) mass is 390 g/mol. The Morgan fingerprint density at radius 2 is 1.89 bits per heavy atom. The second kappa shape index (κ2) is 7.97. The van der Waals surface area contributed by atoms with Crippen molar-refractivity contribution in [3.05, 3.63) is 98.2 Å². The first-order valence-corrected chi connectivity index (χ1v) is 9.54. The van der Waals surface area contributed by atoms with E-state index in [4.69, 9.17) is 11.6 Å². The molecule has 28 heavy (non-hydrogen) atoms. The molecule has 2 heterocycles. The van der Waals surface area contributed by atoms with Gasteiger partial charge in [0.05, 0.1) is 35.8 Å². The maximum Gasteiger partial charge on any atom is 0.258 e. The van der Waals surface area contributed by atoms with E-state index in [1.165, 1.54) is 0 Å². The summed E-state index contributed by atoms with van der Waals surface area (Å²) in [6.45, 7) is 2.48. The molecule has 0 unspecified atom stereocenters. The van der Waals surface area contributed by atoms with Gasteiger partial charge in [0.15, 0.2) is 0 Å². The normalized spacial score (nSPS) is 13.7. The average Bonchev–Trinajstić information content (AvgIpc) is 2.72. The zero-order valence-corrected chi connectivity index (χ0v) is 16.1. The highest BCUT2D eigenvalue weighted by atomic mass is 35.5. The minimum absolute atomic E-state index is 0.00165. The highest BCUT2D eigenvalue weighted by molar-refractivity contribution is 6.30. The van der Waals surface area contributed by atoms with Gasteiger partial charge in [-0.05, 0) is 29.3 Å². The van der Waals surface area contributed by atoms with Crippen molar-refractivity contribution < 1.29 is 0 Å². The SMILES string of the molecule is N#Cc1ccccc1CN1CCc2ncn(Cc3ccc(Cl)cc3)c(=O)c2C1. The van der Waals surface area contributed by atoms with Gasteiger partial charge in [-0.15, -0.1) is 0 Å². The molecule has 6 heteroatoms. The van der Waals surface area contributed by atoms with Crippen LogP contribution in [0.3, 0.4) is 0 Å². The summed E-state index contributed by atoms with van der Waals surface area (Å²) >= 11 is 5.94. The van der Waals surface area contributed by atoms with Gasteiger partial charge in [-0.3, -0.25) is 14.3 Å². The Morgan fingerprint density at radius 3 is 2.68 bits per heavy atom. The minimum atomic E-state index is -0.00165. The first-order valence-electron chi connectivity index (χ1n) is 9.16. The van der Waals surface area contributed by atoms with Gasteiger partial charge in [0.25, 0.3) is 5.56 Å². The summed E-state index contributed by atoms with van der Waals surface area (Å²) < 4.78 is 1.65. The van der Waals surface area contributed by atoms with Crippen LogP contribution in [0.15, 0.2) is 59.7 Å². The van der Waals surface area contributed by atoms with E-state index in [0.29, 0.717) is 30.2 Å². The van der Waals surface area contributed by atoms with Crippen molar-refractivity contribution in [3.63, 3.8) is 0 Å². The molecule has 0 fully saturated rings. The van der Waals surface area contributed by atoms with Crippen LogP contribution in [-0.4, -0.2) is 21.0 Å². The third kappa shape index (κ3) is 3.84. The fourth-order valence-corrected chi connectivity index (χ4v) is 3.68. The molecule has 0 atom stereocenters. The predicted octanol–water partition coefficient (Wildman–Crippen LogP) is 3.37. The number of nitrogens with zero attached hydrogens (tertiary/aromatic N) is 4. The number of halogens is 1. The molecule has 1 aliphatic rings. The summed E-state index contributed by atoms with van der Waals surface area (Å²) in [5.74, 6) is 0. The van der Waals surface area contributed by atoms with Gasteiger partial charge in [0.2, 0.25) is 0 Å². The van der Waals surface area contributed by atoms with E-state index in [2.05, 4.69) is 16.0 Å². The fraction of sp³-hybridized carbons (Fsp3) is 0.227. The average molecular weight is 391 g/mol. The van der Waals surface area contributed by atoms with Crippen molar-refractivity contribution in [2.75, 3.05) is 6.54 Å². The molecule has 2 aromatic carbocycles. The second-order valence-electron chi connectivity index (χ2n) is 6.96. The Labute approximate surface area is 168 Å². The smallest absolute Gasteiger partial charge is 0.258 e. The molecule has 0 bridgehead atoms. The van der Waals surface area contributed by atoms with Crippen LogP contribution in [0.5, 0.6) is 0 Å². The van der Waals surface area contributed by atoms with Crippen LogP contribution in [0.4, 0.5) is 0 Å². The quantitative estimate of drug-likeness (QED) is 0.685. The van der Waals surface area contributed by atoms with Crippen LogP contribution in [0.1, 0.15) is 27.9 Å². The van der Waals surface area contributed by atoms with Gasteiger partial charge in [0, 0.05) is 31.1 Å². The molecule has 3 aromatic rings. The molecule has 140 valence electrons. The lowest BCUT2D eigenvalue weighted by molar-refractivity contribution is 0.240. The first kappa shape index (κ1) is 18.4. The van der Waals surface area contributed by atoms with E-state index in [-0.39, 0.29) is 5.56 Å². The molecule has 0 radical (unpaired) electrons. The van der Waals surface area contributed by atoms with Crippen LogP contribution in [0, 0.1) is 11.3 Å². The molecule has 0 N–H and O–H groups in total. The van der Waals surface area contributed by atoms with E-state index in [0.717, 1.165) is 35.3 Å². The fourth-order valence-electron chi connectivity index (χ4n) is 3.55. The number of benzene rings is 2. The maximum absolute atomic E-state index is 13.0. The van der Waals surface area contributed by atoms with Crippen molar-refractivity contribution in [1.82, 2.24) is 14.5 Å². The summed E-state index contributed by atoms with van der Waals surface area (Å²) in [6.07, 6.45) is 2.37. The second-order valence-corrected chi connectivity index (χ2v) is 7.40. The van der Waals surface area contributed by atoms with Crippen molar-refractivity contribution in [1.29, 1.82) is 5.26 Å². The lowest BCUT2D eigenvalue weighted by Gasteiger charge is -2.28. The van der Waals surface area contributed by atoms with Crippen LogP contribution in [-0.2, 0) is 26.1 Å². The molecule has 0 saturated carbocycles. The van der Waals surface area contributed by atoms with Gasteiger partial charge < -0.3 is 0 Å². The Morgan fingerprint density at radius 1 is 1.11 bits per heavy atom. The van der Waals surface area contributed by atoms with Crippen LogP contribution in [0.2, 0.25) is 5.02 Å². The van der Waals surface area contributed by atoms with E-state index in [1.54, 1.807) is 10.9 Å². The van der Waals surface area contributed by atoms with E-state index >= 15 is 0 Å². The summed E-state index contributed by atoms with van der Waals surface area (Å²) in [5.41, 5.74) is 4.29. The number of hydrogen-bond donors (Lipinski definition) is 0. The van der Waals surface area contributed by atoms with Crippen molar-refractivity contribution in [2.24, 2.45) is 0 Å². The Bertz CT molecular complexity index is 1100. The summed E-state index contributed by atoms with van der Waals surface area (Å²) in [6, 6.07) is 17.3. The molecule has 0 aliphatic carbocycles. The zero-order chi connectivity index (χ0) is 19.5. The molecule has 4 rings (SSSR count). The molecular formula is C22H19ClN4O. The molecule has 1 aliphatic heterocycles. The van der Waals surface area contributed by atoms with Crippen molar-refractivity contribution >= 4 is 11.6 Å². The van der Waals surface area contributed by atoms with Gasteiger partial charge in [0.1, 0.15) is 0 Å². The lowest BCUT2D eigenvalue weighted by atomic mass is 10.0. The van der Waals surface area contributed by atoms with Crippen LogP contribution < -0.4 is 5.56 Å². The Hall–Kier alpha value is -2.94. The molecule has 0 amide bonds. The lowest BCUT2D eigenvalue weighted by Crippen LogP contribution is -2.37. The van der Waals surface area contributed by atoms with E-state index < -0.39 is 0 Å². The van der Waals surface area contributed by atoms with Gasteiger partial charge >= 0.3 is 0 Å². The minimum Gasteiger partial charge on any atom is -0.294 e. The standard InChI is InChI=1S/C22H19ClN4O/c23-19-7-5-16(6-8-19)12-27-15-25-21-9-10-26(14-20(21)22(27)28)13-18-4-2-1-3-17(18)11-24/h1-8,15H,9-10,12-14H2. The number of rotatable bonds is 4. The number of nitriles is 1. The molecule has 1 aromatic heterocycles. The van der Waals surface area contributed by atoms with E-state index in [9.17, 15) is 10.1 Å². The first-order chi connectivity index (χ1) is 13.6. The number of fused-ring (bicyclic) bond motifs is 1. The zero-order valence-electron chi connectivity index (χ0n) is 15.3. The highest BCUT2D eigenvalue weighted by Gasteiger charge is 2.22. The molecular weight excluding hydrogens is 372 g/mol. The predicted molar refractivity (Wildman–Crippen MR) is 108 cm³/mol. The topological polar surface area (TPSA) is 61.9 Å². The van der Waals surface area contributed by atoms with Gasteiger partial charge in [-0.1, -0.05) is 41.9 Å². The van der Waals surface area contributed by atoms with E-state index in [1.807, 2.05) is 48.5 Å². The largest absolute Gasteiger partial charge is 0.294 e. The highest BCUT2D eigenvalue weighted by Crippen LogP contribution is 2.18. The third-order valence-electron chi connectivity index (χ3n) is 5.06. The van der Waals surface area contributed by atoms with Crippen molar-refractivity contribution in [3.8, 4) is 6.07 Å². The number of hydrogen-bond acceptors (Lipinski definition) is 4.